The van der Waals surface area contributed by atoms with E-state index < -0.39 is 37.9 Å². The fraction of sp³-hybridized carbons (Fsp3) is 0.765. The minimum atomic E-state index is -2.03. The molecule has 1 fully saturated rings. The maximum absolute atomic E-state index is 12.8. The molecule has 0 N–H and O–H groups in total. The Balaban J connectivity index is 2.47. The molecule has 10 heteroatoms. The first-order chi connectivity index (χ1) is 12.5. The molecule has 4 atom stereocenters. The number of carbonyl (C=O) groups is 2. The first kappa shape index (κ1) is 23.7. The number of halogens is 6. The summed E-state index contributed by atoms with van der Waals surface area (Å²) >= 11 is 38.8. The van der Waals surface area contributed by atoms with E-state index in [1.165, 1.54) is 0 Å². The minimum Gasteiger partial charge on any atom is -0.465 e. The maximum atomic E-state index is 12.8. The van der Waals surface area contributed by atoms with Gasteiger partial charge in [-0.25, -0.2) is 0 Å². The van der Waals surface area contributed by atoms with E-state index in [1.54, 1.807) is 0 Å². The second kappa shape index (κ2) is 8.65. The molecular formula is C17H20Cl6O4. The summed E-state index contributed by atoms with van der Waals surface area (Å²) in [4.78, 5) is 21.8. The van der Waals surface area contributed by atoms with E-state index in [1.807, 2.05) is 13.8 Å². The third-order valence-corrected chi connectivity index (χ3v) is 9.19. The molecule has 154 valence electrons. The average molecular weight is 501 g/mol. The highest BCUT2D eigenvalue weighted by molar-refractivity contribution is 6.66. The summed E-state index contributed by atoms with van der Waals surface area (Å²) in [6, 6.07) is 0. The van der Waals surface area contributed by atoms with Crippen molar-refractivity contribution in [3.05, 3.63) is 10.1 Å². The second-order valence-corrected chi connectivity index (χ2v) is 9.90. The van der Waals surface area contributed by atoms with Crippen LogP contribution in [0.4, 0.5) is 0 Å². The van der Waals surface area contributed by atoms with Crippen LogP contribution in [0.5, 0.6) is 0 Å². The van der Waals surface area contributed by atoms with Gasteiger partial charge in [0.15, 0.2) is 4.33 Å². The van der Waals surface area contributed by atoms with Crippen LogP contribution < -0.4 is 0 Å². The van der Waals surface area contributed by atoms with Crippen molar-refractivity contribution >= 4 is 81.5 Å². The molecule has 0 aromatic rings. The zero-order chi connectivity index (χ0) is 20.6. The van der Waals surface area contributed by atoms with E-state index in [9.17, 15) is 9.59 Å². The minimum absolute atomic E-state index is 0.151. The Morgan fingerprint density at radius 2 is 1.15 bits per heavy atom. The molecule has 0 spiro atoms. The molecule has 0 aromatic heterocycles. The van der Waals surface area contributed by atoms with Crippen molar-refractivity contribution < 1.29 is 19.1 Å². The van der Waals surface area contributed by atoms with Crippen LogP contribution in [0.1, 0.15) is 39.5 Å². The zero-order valence-electron chi connectivity index (χ0n) is 14.8. The second-order valence-electron chi connectivity index (χ2n) is 6.62. The molecule has 2 aliphatic carbocycles. The summed E-state index contributed by atoms with van der Waals surface area (Å²) in [6.45, 7) is 4.19. The van der Waals surface area contributed by atoms with Crippen LogP contribution in [0, 0.1) is 11.8 Å². The fourth-order valence-electron chi connectivity index (χ4n) is 3.39. The number of rotatable bonds is 8. The van der Waals surface area contributed by atoms with Gasteiger partial charge in [-0.15, -0.1) is 23.2 Å². The summed E-state index contributed by atoms with van der Waals surface area (Å²) in [5.41, 5.74) is 0. The molecule has 27 heavy (non-hydrogen) atoms. The van der Waals surface area contributed by atoms with Crippen LogP contribution in [0.3, 0.4) is 0 Å². The van der Waals surface area contributed by atoms with Crippen molar-refractivity contribution in [2.45, 2.75) is 53.6 Å². The lowest BCUT2D eigenvalue weighted by atomic mass is 9.82. The standard InChI is InChI=1S/C17H20Cl6O4/c1-3-5-7-26-13(24)9-10(14(25)27-8-6-4-2)16(21)12(19)11(18)15(9,20)17(16,22)23/h9-10H,3-8H2,1-2H3/t9-,10-,15-,16+/m1/s1. The van der Waals surface area contributed by atoms with E-state index in [0.29, 0.717) is 12.8 Å². The molecule has 0 radical (unpaired) electrons. The number of carbonyl (C=O) groups excluding carboxylic acids is 2. The van der Waals surface area contributed by atoms with Crippen LogP contribution in [-0.4, -0.2) is 39.2 Å². The number of allylic oxidation sites excluding steroid dienone is 2. The largest absolute Gasteiger partial charge is 0.465 e. The van der Waals surface area contributed by atoms with Crippen molar-refractivity contribution in [2.24, 2.45) is 11.8 Å². The van der Waals surface area contributed by atoms with Gasteiger partial charge < -0.3 is 9.47 Å². The van der Waals surface area contributed by atoms with Crippen LogP contribution >= 0.6 is 69.6 Å². The fourth-order valence-corrected chi connectivity index (χ4v) is 6.31. The van der Waals surface area contributed by atoms with Crippen LogP contribution in [-0.2, 0) is 19.1 Å². The van der Waals surface area contributed by atoms with Gasteiger partial charge in [0.1, 0.15) is 9.75 Å². The highest BCUT2D eigenvalue weighted by Gasteiger charge is 2.85. The summed E-state index contributed by atoms with van der Waals surface area (Å²) in [5, 5.41) is -0.332. The van der Waals surface area contributed by atoms with E-state index in [-0.39, 0.29) is 23.3 Å². The summed E-state index contributed by atoms with van der Waals surface area (Å²) in [7, 11) is 0. The molecule has 0 heterocycles. The van der Waals surface area contributed by atoms with Gasteiger partial charge >= 0.3 is 11.9 Å². The maximum Gasteiger partial charge on any atom is 0.312 e. The van der Waals surface area contributed by atoms with Gasteiger partial charge in [-0.1, -0.05) is 73.1 Å². The highest BCUT2D eigenvalue weighted by Crippen LogP contribution is 2.76. The molecule has 2 rings (SSSR count). The predicted octanol–water partition coefficient (Wildman–Crippen LogP) is 5.75. The molecule has 1 saturated carbocycles. The first-order valence-corrected chi connectivity index (χ1v) is 10.9. The topological polar surface area (TPSA) is 52.6 Å². The SMILES string of the molecule is CCCCOC(=O)[C@H]1[C@H](C(=O)OCCCC)[C@@]2(Cl)C(Cl)=C(Cl)[C@]1(Cl)C2(Cl)Cl. The van der Waals surface area contributed by atoms with Gasteiger partial charge in [0.2, 0.25) is 0 Å². The molecule has 0 aromatic carbocycles. The number of esters is 2. The van der Waals surface area contributed by atoms with E-state index in [0.717, 1.165) is 12.8 Å². The van der Waals surface area contributed by atoms with Gasteiger partial charge in [0, 0.05) is 0 Å². The Hall–Kier alpha value is 0.420. The summed E-state index contributed by atoms with van der Waals surface area (Å²) in [6.07, 6.45) is 2.91. The number of ether oxygens (including phenoxy) is 2. The lowest BCUT2D eigenvalue weighted by Crippen LogP contribution is -2.46. The average Bonchev–Trinajstić information content (AvgIpc) is 2.82. The number of hydrogen-bond acceptors (Lipinski definition) is 4. The Morgan fingerprint density at radius 1 is 0.815 bits per heavy atom. The third kappa shape index (κ3) is 3.37. The Kier molecular flexibility index (Phi) is 7.59. The molecular weight excluding hydrogens is 481 g/mol. The summed E-state index contributed by atoms with van der Waals surface area (Å²) in [5.74, 6) is -4.22. The Bertz CT molecular complexity index is 599. The normalized spacial score (nSPS) is 34.1. The molecule has 2 aliphatic rings. The van der Waals surface area contributed by atoms with E-state index >= 15 is 0 Å². The number of fused-ring (bicyclic) bond motifs is 2. The monoisotopic (exact) mass is 498 g/mol. The molecule has 4 nitrogen and oxygen atoms in total. The van der Waals surface area contributed by atoms with Crippen molar-refractivity contribution in [3.63, 3.8) is 0 Å². The third-order valence-electron chi connectivity index (χ3n) is 4.93. The van der Waals surface area contributed by atoms with Gasteiger partial charge in [0.05, 0.1) is 35.1 Å². The summed E-state index contributed by atoms with van der Waals surface area (Å²) < 4.78 is 8.53. The number of hydrogen-bond donors (Lipinski definition) is 0. The number of alkyl halides is 4. The predicted molar refractivity (Wildman–Crippen MR) is 109 cm³/mol. The molecule has 0 unspecified atom stereocenters. The van der Waals surface area contributed by atoms with Crippen LogP contribution in [0.25, 0.3) is 0 Å². The van der Waals surface area contributed by atoms with Crippen LogP contribution in [0.15, 0.2) is 10.1 Å². The van der Waals surface area contributed by atoms with Crippen molar-refractivity contribution in [2.75, 3.05) is 13.2 Å². The molecule has 0 aliphatic heterocycles. The lowest BCUT2D eigenvalue weighted by molar-refractivity contribution is -0.160. The van der Waals surface area contributed by atoms with Gasteiger partial charge in [-0.05, 0) is 12.8 Å². The van der Waals surface area contributed by atoms with E-state index in [2.05, 4.69) is 0 Å². The number of unbranched alkanes of at least 4 members (excludes halogenated alkanes) is 2. The Labute approximate surface area is 188 Å². The van der Waals surface area contributed by atoms with Gasteiger partial charge in [-0.3, -0.25) is 9.59 Å². The zero-order valence-corrected chi connectivity index (χ0v) is 19.3. The van der Waals surface area contributed by atoms with Crippen molar-refractivity contribution in [3.8, 4) is 0 Å². The highest BCUT2D eigenvalue weighted by atomic mass is 35.5. The van der Waals surface area contributed by atoms with Crippen LogP contribution in [0.2, 0.25) is 0 Å². The lowest BCUT2D eigenvalue weighted by Gasteiger charge is -2.33. The van der Waals surface area contributed by atoms with Gasteiger partial charge in [-0.2, -0.15) is 0 Å². The van der Waals surface area contributed by atoms with Crippen molar-refractivity contribution in [1.82, 2.24) is 0 Å². The van der Waals surface area contributed by atoms with Crippen molar-refractivity contribution in [1.29, 1.82) is 0 Å². The molecule has 0 amide bonds. The van der Waals surface area contributed by atoms with Gasteiger partial charge in [0.25, 0.3) is 0 Å². The smallest absolute Gasteiger partial charge is 0.312 e. The molecule has 0 saturated heterocycles. The first-order valence-electron chi connectivity index (χ1n) is 8.68. The van der Waals surface area contributed by atoms with E-state index in [4.69, 9.17) is 79.1 Å². The Morgan fingerprint density at radius 3 is 1.44 bits per heavy atom. The quantitative estimate of drug-likeness (QED) is 0.242. The molecule has 2 bridgehead atoms.